The van der Waals surface area contributed by atoms with Gasteiger partial charge < -0.3 is 5.32 Å². The Labute approximate surface area is 121 Å². The zero-order valence-electron chi connectivity index (χ0n) is 12.5. The lowest BCUT2D eigenvalue weighted by molar-refractivity contribution is 0.686. The van der Waals surface area contributed by atoms with Gasteiger partial charge in [-0.15, -0.1) is 0 Å². The van der Waals surface area contributed by atoms with Crippen LogP contribution in [0.2, 0.25) is 0 Å². The molecule has 1 N–H and O–H groups in total. The number of nitrogens with zero attached hydrogens (tertiary/aromatic N) is 1. The molecule has 3 rings (SSSR count). The average molecular weight is 266 g/mol. The van der Waals surface area contributed by atoms with Gasteiger partial charge in [0, 0.05) is 30.5 Å². The van der Waals surface area contributed by atoms with Crippen molar-refractivity contribution in [3.05, 3.63) is 52.8 Å². The fourth-order valence-corrected chi connectivity index (χ4v) is 2.55. The summed E-state index contributed by atoms with van der Waals surface area (Å²) in [5.41, 5.74) is 7.81. The van der Waals surface area contributed by atoms with Crippen LogP contribution in [0.25, 0.3) is 11.1 Å². The van der Waals surface area contributed by atoms with Gasteiger partial charge in [-0.1, -0.05) is 12.1 Å². The van der Waals surface area contributed by atoms with Crippen LogP contribution in [0, 0.1) is 20.8 Å². The van der Waals surface area contributed by atoms with Crippen molar-refractivity contribution in [3.63, 3.8) is 0 Å². The molecule has 1 saturated carbocycles. The fourth-order valence-electron chi connectivity index (χ4n) is 2.55. The molecule has 1 aliphatic carbocycles. The highest BCUT2D eigenvalue weighted by molar-refractivity contribution is 5.68. The maximum absolute atomic E-state index is 4.41. The second-order valence-electron chi connectivity index (χ2n) is 5.99. The van der Waals surface area contributed by atoms with Gasteiger partial charge in [-0.2, -0.15) is 0 Å². The van der Waals surface area contributed by atoms with Crippen LogP contribution in [0.1, 0.15) is 35.1 Å². The van der Waals surface area contributed by atoms with Crippen molar-refractivity contribution in [1.82, 2.24) is 10.3 Å². The molecule has 0 bridgehead atoms. The van der Waals surface area contributed by atoms with E-state index in [2.05, 4.69) is 49.3 Å². The third-order valence-corrected chi connectivity index (χ3v) is 4.12. The molecule has 0 radical (unpaired) electrons. The summed E-state index contributed by atoms with van der Waals surface area (Å²) in [6.45, 7) is 7.44. The summed E-state index contributed by atoms with van der Waals surface area (Å²) in [5.74, 6) is 0. The largest absolute Gasteiger partial charge is 0.310 e. The summed E-state index contributed by atoms with van der Waals surface area (Å²) in [6.07, 6.45) is 6.58. The summed E-state index contributed by atoms with van der Waals surface area (Å²) < 4.78 is 0. The van der Waals surface area contributed by atoms with Crippen molar-refractivity contribution < 1.29 is 0 Å². The Morgan fingerprint density at radius 2 is 1.75 bits per heavy atom. The van der Waals surface area contributed by atoms with Crippen molar-refractivity contribution in [2.24, 2.45) is 0 Å². The molecule has 20 heavy (non-hydrogen) atoms. The molecule has 0 aliphatic heterocycles. The molecule has 0 spiro atoms. The van der Waals surface area contributed by atoms with E-state index in [0.29, 0.717) is 0 Å². The molecule has 1 aliphatic rings. The first kappa shape index (κ1) is 13.3. The van der Waals surface area contributed by atoms with E-state index in [9.17, 15) is 0 Å². The number of benzene rings is 1. The molecule has 2 aromatic rings. The molecular weight excluding hydrogens is 244 g/mol. The van der Waals surface area contributed by atoms with Crippen LogP contribution < -0.4 is 5.32 Å². The Morgan fingerprint density at radius 1 is 1.00 bits per heavy atom. The van der Waals surface area contributed by atoms with Crippen LogP contribution >= 0.6 is 0 Å². The first-order valence-corrected chi connectivity index (χ1v) is 7.39. The number of nitrogens with one attached hydrogen (secondary N) is 1. The van der Waals surface area contributed by atoms with Crippen LogP contribution in [-0.4, -0.2) is 11.0 Å². The summed E-state index contributed by atoms with van der Waals surface area (Å²) >= 11 is 0. The minimum atomic E-state index is 0.738. The molecular formula is C18H22N2. The van der Waals surface area contributed by atoms with Crippen LogP contribution in [0.4, 0.5) is 0 Å². The first-order valence-electron chi connectivity index (χ1n) is 7.39. The van der Waals surface area contributed by atoms with Gasteiger partial charge in [0.2, 0.25) is 0 Å². The summed E-state index contributed by atoms with van der Waals surface area (Å²) in [7, 11) is 0. The van der Waals surface area contributed by atoms with Crippen LogP contribution in [0.3, 0.4) is 0 Å². The topological polar surface area (TPSA) is 24.9 Å². The predicted octanol–water partition coefficient (Wildman–Crippen LogP) is 3.93. The summed E-state index contributed by atoms with van der Waals surface area (Å²) in [5, 5.41) is 3.55. The molecule has 0 amide bonds. The number of pyridine rings is 1. The van der Waals surface area contributed by atoms with Crippen molar-refractivity contribution >= 4 is 0 Å². The standard InChI is InChI=1S/C18H22N2/c1-12-6-14(3)18(7-13(12)2)16-8-15(9-19-11-16)10-20-17-4-5-17/h6-9,11,17,20H,4-5,10H2,1-3H3. The van der Waals surface area contributed by atoms with E-state index in [-0.39, 0.29) is 0 Å². The van der Waals surface area contributed by atoms with Crippen molar-refractivity contribution in [2.45, 2.75) is 46.2 Å². The zero-order chi connectivity index (χ0) is 14.1. The monoisotopic (exact) mass is 266 g/mol. The third-order valence-electron chi connectivity index (χ3n) is 4.12. The highest BCUT2D eigenvalue weighted by atomic mass is 14.9. The molecule has 1 heterocycles. The summed E-state index contributed by atoms with van der Waals surface area (Å²) in [6, 6.07) is 7.54. The quantitative estimate of drug-likeness (QED) is 0.907. The zero-order valence-corrected chi connectivity index (χ0v) is 12.5. The predicted molar refractivity (Wildman–Crippen MR) is 83.7 cm³/mol. The Bertz CT molecular complexity index is 627. The number of hydrogen-bond acceptors (Lipinski definition) is 2. The Balaban J connectivity index is 1.89. The van der Waals surface area contributed by atoms with Gasteiger partial charge in [0.05, 0.1) is 0 Å². The fraction of sp³-hybridized carbons (Fsp3) is 0.389. The lowest BCUT2D eigenvalue weighted by Crippen LogP contribution is -2.15. The van der Waals surface area contributed by atoms with E-state index in [1.807, 2.05) is 12.4 Å². The third kappa shape index (κ3) is 2.91. The lowest BCUT2D eigenvalue weighted by atomic mass is 9.96. The molecule has 0 saturated heterocycles. The van der Waals surface area contributed by atoms with Crippen LogP contribution in [-0.2, 0) is 6.54 Å². The highest BCUT2D eigenvalue weighted by Crippen LogP contribution is 2.27. The molecule has 1 aromatic heterocycles. The van der Waals surface area contributed by atoms with Gasteiger partial charge in [0.15, 0.2) is 0 Å². The van der Waals surface area contributed by atoms with Crippen molar-refractivity contribution in [3.8, 4) is 11.1 Å². The van der Waals surface area contributed by atoms with Gasteiger partial charge in [-0.3, -0.25) is 4.98 Å². The maximum Gasteiger partial charge on any atom is 0.0346 e. The lowest BCUT2D eigenvalue weighted by Gasteiger charge is -2.11. The van der Waals surface area contributed by atoms with E-state index < -0.39 is 0 Å². The van der Waals surface area contributed by atoms with E-state index in [1.165, 1.54) is 46.2 Å². The second kappa shape index (κ2) is 5.37. The second-order valence-corrected chi connectivity index (χ2v) is 5.99. The average Bonchev–Trinajstić information content (AvgIpc) is 3.25. The first-order chi connectivity index (χ1) is 9.63. The number of rotatable bonds is 4. The minimum Gasteiger partial charge on any atom is -0.310 e. The van der Waals surface area contributed by atoms with E-state index in [1.54, 1.807) is 0 Å². The van der Waals surface area contributed by atoms with Crippen molar-refractivity contribution in [2.75, 3.05) is 0 Å². The molecule has 2 nitrogen and oxygen atoms in total. The molecule has 2 heteroatoms. The van der Waals surface area contributed by atoms with Gasteiger partial charge in [-0.05, 0) is 67.5 Å². The number of hydrogen-bond donors (Lipinski definition) is 1. The Hall–Kier alpha value is -1.67. The smallest absolute Gasteiger partial charge is 0.0346 e. The van der Waals surface area contributed by atoms with Crippen LogP contribution in [0.15, 0.2) is 30.6 Å². The van der Waals surface area contributed by atoms with E-state index >= 15 is 0 Å². The van der Waals surface area contributed by atoms with Gasteiger partial charge >= 0.3 is 0 Å². The van der Waals surface area contributed by atoms with E-state index in [0.717, 1.165) is 12.6 Å². The molecule has 1 aromatic carbocycles. The normalized spacial score (nSPS) is 14.6. The Morgan fingerprint density at radius 3 is 2.50 bits per heavy atom. The van der Waals surface area contributed by atoms with Gasteiger partial charge in [0.25, 0.3) is 0 Å². The van der Waals surface area contributed by atoms with Crippen LogP contribution in [0.5, 0.6) is 0 Å². The highest BCUT2D eigenvalue weighted by Gasteiger charge is 2.20. The molecule has 104 valence electrons. The molecule has 0 unspecified atom stereocenters. The number of aryl methyl sites for hydroxylation is 3. The SMILES string of the molecule is Cc1cc(C)c(-c2cncc(CNC3CC3)c2)cc1C. The molecule has 0 atom stereocenters. The van der Waals surface area contributed by atoms with Crippen molar-refractivity contribution in [1.29, 1.82) is 0 Å². The van der Waals surface area contributed by atoms with Gasteiger partial charge in [-0.25, -0.2) is 0 Å². The summed E-state index contributed by atoms with van der Waals surface area (Å²) in [4.78, 5) is 4.41. The molecule has 1 fully saturated rings. The van der Waals surface area contributed by atoms with E-state index in [4.69, 9.17) is 0 Å². The maximum atomic E-state index is 4.41. The number of aromatic nitrogens is 1. The minimum absolute atomic E-state index is 0.738. The van der Waals surface area contributed by atoms with Gasteiger partial charge in [0.1, 0.15) is 0 Å². The Kier molecular flexibility index (Phi) is 3.58.